The number of hydrogen-bond acceptors (Lipinski definition) is 2. The predicted octanol–water partition coefficient (Wildman–Crippen LogP) is 3.38. The van der Waals surface area contributed by atoms with Crippen molar-refractivity contribution in [2.45, 2.75) is 32.6 Å². The van der Waals surface area contributed by atoms with E-state index in [0.717, 1.165) is 13.0 Å². The highest BCUT2D eigenvalue weighted by molar-refractivity contribution is 5.47. The summed E-state index contributed by atoms with van der Waals surface area (Å²) in [5.74, 6) is 0. The van der Waals surface area contributed by atoms with Crippen molar-refractivity contribution >= 4 is 5.69 Å². The van der Waals surface area contributed by atoms with Crippen molar-refractivity contribution in [3.63, 3.8) is 0 Å². The lowest BCUT2D eigenvalue weighted by atomic mass is 10.0. The highest BCUT2D eigenvalue weighted by Gasteiger charge is 2.43. The molecule has 1 fully saturated rings. The van der Waals surface area contributed by atoms with Crippen LogP contribution >= 0.6 is 0 Å². The van der Waals surface area contributed by atoms with E-state index < -0.39 is 0 Å². The van der Waals surface area contributed by atoms with Crippen molar-refractivity contribution in [1.82, 2.24) is 0 Å². The molecule has 2 heteroatoms. The van der Waals surface area contributed by atoms with E-state index in [1.807, 2.05) is 0 Å². The summed E-state index contributed by atoms with van der Waals surface area (Å²) in [6.07, 6.45) is 4.20. The normalized spacial score (nSPS) is 16.3. The molecule has 0 saturated heterocycles. The third-order valence-electron chi connectivity index (χ3n) is 3.77. The summed E-state index contributed by atoms with van der Waals surface area (Å²) in [5, 5.41) is 8.83. The maximum Gasteiger partial charge on any atom is 0.0628 e. The average molecular weight is 228 g/mol. The molecule has 1 aliphatic carbocycles. The first-order valence-corrected chi connectivity index (χ1v) is 6.36. The summed E-state index contributed by atoms with van der Waals surface area (Å²) < 4.78 is 0. The standard InChI is InChI=1S/C15H20N2/c1-3-13-4-6-14(7-5-13)17(2)12-15(8-9-15)10-11-16/h4-7H,3,8-10,12H2,1-2H3. The maximum atomic E-state index is 8.83. The van der Waals surface area contributed by atoms with Crippen LogP contribution in [0, 0.1) is 16.7 Å². The fourth-order valence-corrected chi connectivity index (χ4v) is 2.32. The maximum absolute atomic E-state index is 8.83. The van der Waals surface area contributed by atoms with Gasteiger partial charge in [-0.25, -0.2) is 0 Å². The number of anilines is 1. The Morgan fingerprint density at radius 1 is 1.29 bits per heavy atom. The second-order valence-corrected chi connectivity index (χ2v) is 5.21. The van der Waals surface area contributed by atoms with Gasteiger partial charge >= 0.3 is 0 Å². The molecule has 0 unspecified atom stereocenters. The smallest absolute Gasteiger partial charge is 0.0628 e. The first kappa shape index (κ1) is 12.0. The van der Waals surface area contributed by atoms with E-state index >= 15 is 0 Å². The van der Waals surface area contributed by atoms with Gasteiger partial charge in [-0.3, -0.25) is 0 Å². The third kappa shape index (κ3) is 2.79. The van der Waals surface area contributed by atoms with Gasteiger partial charge in [-0.1, -0.05) is 19.1 Å². The number of nitriles is 1. The quantitative estimate of drug-likeness (QED) is 0.772. The van der Waals surface area contributed by atoms with Crippen LogP contribution in [0.2, 0.25) is 0 Å². The Kier molecular flexibility index (Phi) is 3.38. The molecule has 0 bridgehead atoms. The van der Waals surface area contributed by atoms with Gasteiger partial charge in [-0.2, -0.15) is 5.26 Å². The molecule has 90 valence electrons. The van der Waals surface area contributed by atoms with Gasteiger partial charge in [0, 0.05) is 31.1 Å². The van der Waals surface area contributed by atoms with Crippen LogP contribution in [0.4, 0.5) is 5.69 Å². The van der Waals surface area contributed by atoms with Gasteiger partial charge in [0.2, 0.25) is 0 Å². The van der Waals surface area contributed by atoms with Gasteiger partial charge in [0.15, 0.2) is 0 Å². The van der Waals surface area contributed by atoms with Crippen LogP contribution in [-0.2, 0) is 6.42 Å². The Hall–Kier alpha value is -1.49. The lowest BCUT2D eigenvalue weighted by molar-refractivity contribution is 0.523. The monoisotopic (exact) mass is 228 g/mol. The predicted molar refractivity (Wildman–Crippen MR) is 71.0 cm³/mol. The number of hydrogen-bond donors (Lipinski definition) is 0. The molecule has 0 N–H and O–H groups in total. The SMILES string of the molecule is CCc1ccc(N(C)CC2(CC#N)CC2)cc1. The Labute approximate surface area is 104 Å². The molecule has 0 heterocycles. The molecular formula is C15H20N2. The van der Waals surface area contributed by atoms with Crippen molar-refractivity contribution in [3.05, 3.63) is 29.8 Å². The molecule has 0 aliphatic heterocycles. The highest BCUT2D eigenvalue weighted by Crippen LogP contribution is 2.49. The van der Waals surface area contributed by atoms with E-state index in [4.69, 9.17) is 5.26 Å². The van der Waals surface area contributed by atoms with E-state index in [-0.39, 0.29) is 5.41 Å². The first-order chi connectivity index (χ1) is 8.19. The molecule has 1 aliphatic rings. The van der Waals surface area contributed by atoms with E-state index in [1.54, 1.807) is 0 Å². The molecule has 0 radical (unpaired) electrons. The molecule has 0 amide bonds. The van der Waals surface area contributed by atoms with Crippen molar-refractivity contribution in [3.8, 4) is 6.07 Å². The molecule has 1 saturated carbocycles. The topological polar surface area (TPSA) is 27.0 Å². The Balaban J connectivity index is 2.00. The van der Waals surface area contributed by atoms with Gasteiger partial charge in [-0.05, 0) is 37.0 Å². The Bertz CT molecular complexity index is 410. The molecule has 2 rings (SSSR count). The van der Waals surface area contributed by atoms with Crippen molar-refractivity contribution in [2.75, 3.05) is 18.5 Å². The Morgan fingerprint density at radius 3 is 2.41 bits per heavy atom. The molecular weight excluding hydrogens is 208 g/mol. The van der Waals surface area contributed by atoms with Gasteiger partial charge in [0.1, 0.15) is 0 Å². The molecule has 0 aromatic heterocycles. The zero-order valence-electron chi connectivity index (χ0n) is 10.7. The summed E-state index contributed by atoms with van der Waals surface area (Å²) in [6, 6.07) is 11.1. The van der Waals surface area contributed by atoms with Crippen LogP contribution in [0.15, 0.2) is 24.3 Å². The van der Waals surface area contributed by atoms with Crippen LogP contribution in [0.25, 0.3) is 0 Å². The molecule has 17 heavy (non-hydrogen) atoms. The fourth-order valence-electron chi connectivity index (χ4n) is 2.32. The minimum absolute atomic E-state index is 0.285. The van der Waals surface area contributed by atoms with Crippen molar-refractivity contribution in [2.24, 2.45) is 5.41 Å². The zero-order chi connectivity index (χ0) is 12.3. The highest BCUT2D eigenvalue weighted by atomic mass is 15.1. The average Bonchev–Trinajstić information content (AvgIpc) is 3.09. The van der Waals surface area contributed by atoms with E-state index in [2.05, 4.69) is 49.2 Å². The van der Waals surface area contributed by atoms with Crippen LogP contribution in [0.3, 0.4) is 0 Å². The summed E-state index contributed by atoms with van der Waals surface area (Å²) in [6.45, 7) is 3.18. The second kappa shape index (κ2) is 4.79. The largest absolute Gasteiger partial charge is 0.374 e. The van der Waals surface area contributed by atoms with Gasteiger partial charge in [0.05, 0.1) is 6.07 Å². The van der Waals surface area contributed by atoms with Gasteiger partial charge in [0.25, 0.3) is 0 Å². The Morgan fingerprint density at radius 2 is 1.94 bits per heavy atom. The molecule has 0 spiro atoms. The van der Waals surface area contributed by atoms with Crippen LogP contribution in [0.5, 0.6) is 0 Å². The van der Waals surface area contributed by atoms with Crippen LogP contribution < -0.4 is 4.90 Å². The van der Waals surface area contributed by atoms with Crippen molar-refractivity contribution in [1.29, 1.82) is 5.26 Å². The molecule has 1 aromatic rings. The second-order valence-electron chi connectivity index (χ2n) is 5.21. The molecule has 2 nitrogen and oxygen atoms in total. The summed E-state index contributed by atoms with van der Waals surface area (Å²) in [4.78, 5) is 2.28. The van der Waals surface area contributed by atoms with E-state index in [1.165, 1.54) is 24.1 Å². The van der Waals surface area contributed by atoms with Crippen LogP contribution in [0.1, 0.15) is 31.7 Å². The number of nitrogens with zero attached hydrogens (tertiary/aromatic N) is 2. The van der Waals surface area contributed by atoms with E-state index in [0.29, 0.717) is 6.42 Å². The van der Waals surface area contributed by atoms with Crippen LogP contribution in [-0.4, -0.2) is 13.6 Å². The summed E-state index contributed by atoms with van der Waals surface area (Å²) in [7, 11) is 2.12. The number of rotatable bonds is 5. The minimum atomic E-state index is 0.285. The first-order valence-electron chi connectivity index (χ1n) is 6.36. The van der Waals surface area contributed by atoms with Gasteiger partial charge < -0.3 is 4.90 Å². The van der Waals surface area contributed by atoms with Crippen molar-refractivity contribution < 1.29 is 0 Å². The minimum Gasteiger partial charge on any atom is -0.374 e. The summed E-state index contributed by atoms with van der Waals surface area (Å²) in [5.41, 5.74) is 2.92. The zero-order valence-corrected chi connectivity index (χ0v) is 10.7. The summed E-state index contributed by atoms with van der Waals surface area (Å²) >= 11 is 0. The number of benzene rings is 1. The lowest BCUT2D eigenvalue weighted by Crippen LogP contribution is -2.26. The molecule has 0 atom stereocenters. The number of aryl methyl sites for hydroxylation is 1. The fraction of sp³-hybridized carbons (Fsp3) is 0.533. The van der Waals surface area contributed by atoms with E-state index in [9.17, 15) is 0 Å². The van der Waals surface area contributed by atoms with Gasteiger partial charge in [-0.15, -0.1) is 0 Å². The lowest BCUT2D eigenvalue weighted by Gasteiger charge is -2.24. The molecule has 1 aromatic carbocycles. The third-order valence-corrected chi connectivity index (χ3v) is 3.77.